The zero-order chi connectivity index (χ0) is 18.4. The second-order valence-corrected chi connectivity index (χ2v) is 6.10. The summed E-state index contributed by atoms with van der Waals surface area (Å²) in [5, 5.41) is 0. The van der Waals surface area contributed by atoms with Gasteiger partial charge in [0.05, 0.1) is 0 Å². The van der Waals surface area contributed by atoms with E-state index in [0.29, 0.717) is 0 Å². The second kappa shape index (κ2) is 8.97. The van der Waals surface area contributed by atoms with Crippen LogP contribution in [0.5, 0.6) is 0 Å². The molecule has 0 aliphatic carbocycles. The third-order valence-corrected chi connectivity index (χ3v) is 3.86. The molecule has 1 rings (SSSR count). The van der Waals surface area contributed by atoms with Crippen molar-refractivity contribution in [3.63, 3.8) is 0 Å². The van der Waals surface area contributed by atoms with Gasteiger partial charge in [0.2, 0.25) is 6.29 Å². The second-order valence-electron chi connectivity index (χ2n) is 5.05. The maximum Gasteiger partial charge on any atom is 0.304 e. The number of esters is 4. The smallest absolute Gasteiger partial charge is 0.304 e. The fourth-order valence-electron chi connectivity index (χ4n) is 2.12. The van der Waals surface area contributed by atoms with Gasteiger partial charge in [0.15, 0.2) is 12.2 Å². The van der Waals surface area contributed by atoms with Crippen molar-refractivity contribution >= 4 is 39.8 Å². The molecule has 1 aliphatic heterocycles. The van der Waals surface area contributed by atoms with E-state index in [2.05, 4.69) is 15.9 Å². The molecule has 0 unspecified atom stereocenters. The van der Waals surface area contributed by atoms with Crippen LogP contribution >= 0.6 is 15.9 Å². The van der Waals surface area contributed by atoms with Crippen LogP contribution in [-0.2, 0) is 42.9 Å². The molecular weight excluding hydrogens is 392 g/mol. The molecule has 0 radical (unpaired) electrons. The Balaban J connectivity index is 3.08. The molecule has 0 spiro atoms. The lowest BCUT2D eigenvalue weighted by atomic mass is 10.0. The van der Waals surface area contributed by atoms with Crippen LogP contribution in [0.4, 0.5) is 0 Å². The summed E-state index contributed by atoms with van der Waals surface area (Å²) in [5.41, 5.74) is 0. The van der Waals surface area contributed by atoms with Gasteiger partial charge >= 0.3 is 23.9 Å². The summed E-state index contributed by atoms with van der Waals surface area (Å²) in [6, 6.07) is 0. The molecule has 9 nitrogen and oxygen atoms in total. The minimum atomic E-state index is -1.13. The van der Waals surface area contributed by atoms with Gasteiger partial charge in [0.1, 0.15) is 17.5 Å². The van der Waals surface area contributed by atoms with E-state index in [1.165, 1.54) is 27.7 Å². The molecule has 1 saturated heterocycles. The van der Waals surface area contributed by atoms with E-state index in [1.54, 1.807) is 0 Å². The summed E-state index contributed by atoms with van der Waals surface area (Å²) in [5.74, 6) is -2.46. The standard InChI is InChI=1S/C14H19BrO9/c1-6(16)20-5-10-12(21-7(2)17)13(22-8(3)18)11(15)14(24-10)23-9(4)19/h10-14H,5H2,1-4H3/t10-,11-,12+,13-,14-/m1/s1. The van der Waals surface area contributed by atoms with Gasteiger partial charge in [-0.2, -0.15) is 0 Å². The molecule has 1 aliphatic rings. The Morgan fingerprint density at radius 1 is 0.833 bits per heavy atom. The maximum atomic E-state index is 11.4. The SMILES string of the molecule is CC(=O)OC[C@H]1O[C@@H](OC(C)=O)[C@H](Br)[C@@H](OC(C)=O)[C@H]1OC(C)=O. The first kappa shape index (κ1) is 20.4. The molecular formula is C14H19BrO9. The van der Waals surface area contributed by atoms with E-state index in [4.69, 9.17) is 23.7 Å². The van der Waals surface area contributed by atoms with E-state index < -0.39 is 53.3 Å². The van der Waals surface area contributed by atoms with Crippen LogP contribution in [0, 0.1) is 0 Å². The maximum absolute atomic E-state index is 11.4. The molecule has 0 amide bonds. The van der Waals surface area contributed by atoms with Gasteiger partial charge in [-0.1, -0.05) is 15.9 Å². The summed E-state index contributed by atoms with van der Waals surface area (Å²) >= 11 is 3.24. The molecule has 0 aromatic carbocycles. The number of carbonyl (C=O) groups excluding carboxylic acids is 4. The lowest BCUT2D eigenvalue weighted by Crippen LogP contribution is -2.60. The van der Waals surface area contributed by atoms with Crippen molar-refractivity contribution in [2.24, 2.45) is 0 Å². The first-order valence-electron chi connectivity index (χ1n) is 7.06. The van der Waals surface area contributed by atoms with E-state index >= 15 is 0 Å². The van der Waals surface area contributed by atoms with Gasteiger partial charge in [-0.05, 0) is 0 Å². The normalized spacial score (nSPS) is 29.3. The summed E-state index contributed by atoms with van der Waals surface area (Å²) in [7, 11) is 0. The fraction of sp³-hybridized carbons (Fsp3) is 0.714. The summed E-state index contributed by atoms with van der Waals surface area (Å²) in [6.07, 6.45) is -4.17. The number of rotatable bonds is 5. The first-order valence-corrected chi connectivity index (χ1v) is 7.98. The average Bonchev–Trinajstić information content (AvgIpc) is 2.42. The molecule has 0 N–H and O–H groups in total. The third kappa shape index (κ3) is 6.08. The fourth-order valence-corrected chi connectivity index (χ4v) is 2.76. The van der Waals surface area contributed by atoms with Gasteiger partial charge in [0, 0.05) is 27.7 Å². The number of carbonyl (C=O) groups is 4. The average molecular weight is 411 g/mol. The Kier molecular flexibility index (Phi) is 7.61. The molecule has 5 atom stereocenters. The van der Waals surface area contributed by atoms with Crippen molar-refractivity contribution in [1.82, 2.24) is 0 Å². The molecule has 136 valence electrons. The van der Waals surface area contributed by atoms with Crippen LogP contribution in [0.25, 0.3) is 0 Å². The number of hydrogen-bond donors (Lipinski definition) is 0. The molecule has 0 aromatic heterocycles. The highest BCUT2D eigenvalue weighted by Gasteiger charge is 2.50. The minimum absolute atomic E-state index is 0.275. The van der Waals surface area contributed by atoms with Gasteiger partial charge in [-0.25, -0.2) is 0 Å². The Labute approximate surface area is 147 Å². The summed E-state index contributed by atoms with van der Waals surface area (Å²) < 4.78 is 25.8. The molecule has 1 fully saturated rings. The highest BCUT2D eigenvalue weighted by molar-refractivity contribution is 9.09. The largest absolute Gasteiger partial charge is 0.463 e. The zero-order valence-electron chi connectivity index (χ0n) is 13.6. The third-order valence-electron chi connectivity index (χ3n) is 2.91. The molecule has 1 heterocycles. The van der Waals surface area contributed by atoms with Gasteiger partial charge in [-0.15, -0.1) is 0 Å². The predicted octanol–water partition coefficient (Wildman–Crippen LogP) is 0.464. The highest BCUT2D eigenvalue weighted by atomic mass is 79.9. The monoisotopic (exact) mass is 410 g/mol. The van der Waals surface area contributed by atoms with Crippen molar-refractivity contribution in [1.29, 1.82) is 0 Å². The lowest BCUT2D eigenvalue weighted by Gasteiger charge is -2.42. The van der Waals surface area contributed by atoms with Crippen LogP contribution in [0.15, 0.2) is 0 Å². The van der Waals surface area contributed by atoms with Crippen molar-refractivity contribution in [3.05, 3.63) is 0 Å². The van der Waals surface area contributed by atoms with Crippen molar-refractivity contribution < 1.29 is 42.9 Å². The van der Waals surface area contributed by atoms with Gasteiger partial charge in [-0.3, -0.25) is 19.2 Å². The van der Waals surface area contributed by atoms with Gasteiger partial charge in [0.25, 0.3) is 0 Å². The Bertz CT molecular complexity index is 490. The zero-order valence-corrected chi connectivity index (χ0v) is 15.2. The molecule has 24 heavy (non-hydrogen) atoms. The van der Waals surface area contributed by atoms with Gasteiger partial charge < -0.3 is 23.7 Å². The number of alkyl halides is 1. The topological polar surface area (TPSA) is 114 Å². The first-order chi connectivity index (χ1) is 11.1. The quantitative estimate of drug-likeness (QED) is 0.362. The highest BCUT2D eigenvalue weighted by Crippen LogP contribution is 2.32. The molecule has 0 saturated carbocycles. The van der Waals surface area contributed by atoms with Crippen molar-refractivity contribution in [3.8, 4) is 0 Å². The van der Waals surface area contributed by atoms with E-state index in [1.807, 2.05) is 0 Å². The number of halogens is 1. The van der Waals surface area contributed by atoms with Crippen LogP contribution in [0.1, 0.15) is 27.7 Å². The predicted molar refractivity (Wildman–Crippen MR) is 80.9 cm³/mol. The lowest BCUT2D eigenvalue weighted by molar-refractivity contribution is -0.255. The summed E-state index contributed by atoms with van der Waals surface area (Å²) in [4.78, 5) is 44.2. The summed E-state index contributed by atoms with van der Waals surface area (Å²) in [6.45, 7) is 4.47. The van der Waals surface area contributed by atoms with Crippen molar-refractivity contribution in [2.45, 2.75) is 57.1 Å². The molecule has 0 aromatic rings. The Morgan fingerprint density at radius 2 is 1.33 bits per heavy atom. The van der Waals surface area contributed by atoms with Crippen LogP contribution in [0.3, 0.4) is 0 Å². The Morgan fingerprint density at radius 3 is 1.79 bits per heavy atom. The van der Waals surface area contributed by atoms with E-state index in [-0.39, 0.29) is 6.61 Å². The molecule has 10 heteroatoms. The van der Waals surface area contributed by atoms with Crippen LogP contribution < -0.4 is 0 Å². The Hall–Kier alpha value is -1.68. The number of hydrogen-bond acceptors (Lipinski definition) is 9. The van der Waals surface area contributed by atoms with Crippen molar-refractivity contribution in [2.75, 3.05) is 6.61 Å². The van der Waals surface area contributed by atoms with E-state index in [0.717, 1.165) is 0 Å². The van der Waals surface area contributed by atoms with E-state index in [9.17, 15) is 19.2 Å². The minimum Gasteiger partial charge on any atom is -0.463 e. The van der Waals surface area contributed by atoms with Crippen LogP contribution in [-0.4, -0.2) is 59.9 Å². The number of ether oxygens (including phenoxy) is 5. The molecule has 0 bridgehead atoms. The van der Waals surface area contributed by atoms with Crippen LogP contribution in [0.2, 0.25) is 0 Å².